The Morgan fingerprint density at radius 1 is 1.30 bits per heavy atom. The molecule has 1 N–H and O–H groups in total. The molecule has 3 rings (SSSR count). The van der Waals surface area contributed by atoms with Gasteiger partial charge in [-0.15, -0.1) is 0 Å². The molecule has 0 spiro atoms. The lowest BCUT2D eigenvalue weighted by Gasteiger charge is -2.33. The van der Waals surface area contributed by atoms with Crippen molar-refractivity contribution in [1.29, 1.82) is 5.26 Å². The monoisotopic (exact) mass is 337 g/mol. The van der Waals surface area contributed by atoms with Crippen LogP contribution in [0.5, 0.6) is 0 Å². The van der Waals surface area contributed by atoms with E-state index in [4.69, 9.17) is 5.26 Å². The van der Waals surface area contributed by atoms with Crippen LogP contribution in [0.1, 0.15) is 31.2 Å². The van der Waals surface area contributed by atoms with Crippen molar-refractivity contribution in [3.8, 4) is 6.07 Å². The molecule has 0 aromatic heterocycles. The van der Waals surface area contributed by atoms with Gasteiger partial charge in [-0.25, -0.2) is 4.39 Å². The van der Waals surface area contributed by atoms with Crippen LogP contribution in [0.25, 0.3) is 0 Å². The van der Waals surface area contributed by atoms with Crippen molar-refractivity contribution in [3.05, 3.63) is 28.0 Å². The number of hydrogen-bond acceptors (Lipinski definition) is 3. The van der Waals surface area contributed by atoms with Crippen LogP contribution in [0, 0.1) is 17.1 Å². The highest BCUT2D eigenvalue weighted by atomic mass is 79.9. The second-order valence-corrected chi connectivity index (χ2v) is 6.33. The van der Waals surface area contributed by atoms with E-state index in [9.17, 15) is 4.39 Å². The van der Waals surface area contributed by atoms with Crippen LogP contribution in [0.4, 0.5) is 10.1 Å². The quantitative estimate of drug-likeness (QED) is 0.897. The molecular weight excluding hydrogens is 321 g/mol. The highest BCUT2D eigenvalue weighted by molar-refractivity contribution is 9.10. The summed E-state index contributed by atoms with van der Waals surface area (Å²) < 4.78 is 14.5. The molecule has 2 fully saturated rings. The first-order chi connectivity index (χ1) is 9.70. The first kappa shape index (κ1) is 13.8. The molecule has 2 unspecified atom stereocenters. The molecule has 0 bridgehead atoms. The predicted molar refractivity (Wildman–Crippen MR) is 80.1 cm³/mol. The van der Waals surface area contributed by atoms with Crippen LogP contribution >= 0.6 is 15.9 Å². The van der Waals surface area contributed by atoms with Crippen LogP contribution in [-0.2, 0) is 0 Å². The molecule has 20 heavy (non-hydrogen) atoms. The van der Waals surface area contributed by atoms with Crippen molar-refractivity contribution in [1.82, 2.24) is 4.90 Å². The average Bonchev–Trinajstić information content (AvgIpc) is 2.88. The van der Waals surface area contributed by atoms with Crippen molar-refractivity contribution in [3.63, 3.8) is 0 Å². The zero-order valence-electron chi connectivity index (χ0n) is 11.2. The van der Waals surface area contributed by atoms with Crippen LogP contribution in [0.2, 0.25) is 0 Å². The van der Waals surface area contributed by atoms with Gasteiger partial charge in [0.2, 0.25) is 0 Å². The van der Waals surface area contributed by atoms with E-state index in [1.165, 1.54) is 25.8 Å². The maximum atomic E-state index is 14.3. The van der Waals surface area contributed by atoms with Gasteiger partial charge in [0.1, 0.15) is 6.07 Å². The van der Waals surface area contributed by atoms with Gasteiger partial charge < -0.3 is 5.32 Å². The van der Waals surface area contributed by atoms with Crippen molar-refractivity contribution in [2.75, 3.05) is 18.4 Å². The smallest absolute Gasteiger partial charge is 0.161 e. The number of nitriles is 1. The lowest BCUT2D eigenvalue weighted by molar-refractivity contribution is 0.192. The molecule has 0 amide bonds. The average molecular weight is 338 g/mol. The molecule has 1 aromatic rings. The Kier molecular flexibility index (Phi) is 3.95. The highest BCUT2D eigenvalue weighted by Gasteiger charge is 2.35. The third-order valence-electron chi connectivity index (χ3n) is 4.40. The van der Waals surface area contributed by atoms with Crippen molar-refractivity contribution in [2.45, 2.75) is 37.8 Å². The SMILES string of the molecule is N#Cc1ccc(NC2CCN3CCCCC23)c(F)c1Br. The number of piperidine rings is 1. The summed E-state index contributed by atoms with van der Waals surface area (Å²) >= 11 is 3.16. The first-order valence-electron chi connectivity index (χ1n) is 7.09. The Labute approximate surface area is 126 Å². The Morgan fingerprint density at radius 2 is 2.15 bits per heavy atom. The molecule has 0 saturated carbocycles. The van der Waals surface area contributed by atoms with Gasteiger partial charge in [-0.1, -0.05) is 6.42 Å². The Bertz CT molecular complexity index is 555. The van der Waals surface area contributed by atoms with E-state index in [-0.39, 0.29) is 10.3 Å². The minimum Gasteiger partial charge on any atom is -0.378 e. The van der Waals surface area contributed by atoms with E-state index in [0.717, 1.165) is 13.0 Å². The summed E-state index contributed by atoms with van der Waals surface area (Å²) in [4.78, 5) is 2.51. The van der Waals surface area contributed by atoms with E-state index >= 15 is 0 Å². The number of halogens is 2. The van der Waals surface area contributed by atoms with Gasteiger partial charge in [0.15, 0.2) is 5.82 Å². The summed E-state index contributed by atoms with van der Waals surface area (Å²) in [6, 6.07) is 6.14. The molecule has 106 valence electrons. The zero-order chi connectivity index (χ0) is 14.1. The lowest BCUT2D eigenvalue weighted by atomic mass is 9.99. The molecule has 2 aliphatic heterocycles. The number of nitrogens with zero attached hydrogens (tertiary/aromatic N) is 2. The number of rotatable bonds is 2. The molecule has 1 aromatic carbocycles. The van der Waals surface area contributed by atoms with Crippen LogP contribution in [0.3, 0.4) is 0 Å². The minimum atomic E-state index is -0.363. The van der Waals surface area contributed by atoms with Gasteiger partial charge in [-0.3, -0.25) is 4.90 Å². The summed E-state index contributed by atoms with van der Waals surface area (Å²) in [5.74, 6) is -0.363. The normalized spacial score (nSPS) is 26.1. The van der Waals surface area contributed by atoms with Gasteiger partial charge in [0.25, 0.3) is 0 Å². The molecule has 2 saturated heterocycles. The van der Waals surface area contributed by atoms with Gasteiger partial charge in [0.05, 0.1) is 15.7 Å². The van der Waals surface area contributed by atoms with E-state index in [0.29, 0.717) is 23.3 Å². The lowest BCUT2D eigenvalue weighted by Crippen LogP contribution is -2.41. The predicted octanol–water partition coefficient (Wildman–Crippen LogP) is 3.50. The fourth-order valence-electron chi connectivity index (χ4n) is 3.36. The van der Waals surface area contributed by atoms with Gasteiger partial charge in [-0.05, 0) is 53.9 Å². The molecule has 0 aliphatic carbocycles. The van der Waals surface area contributed by atoms with E-state index < -0.39 is 0 Å². The maximum Gasteiger partial charge on any atom is 0.161 e. The van der Waals surface area contributed by atoms with Gasteiger partial charge >= 0.3 is 0 Å². The van der Waals surface area contributed by atoms with Crippen molar-refractivity contribution < 1.29 is 4.39 Å². The molecule has 2 heterocycles. The molecule has 3 nitrogen and oxygen atoms in total. The third kappa shape index (κ3) is 2.43. The van der Waals surface area contributed by atoms with Crippen molar-refractivity contribution in [2.24, 2.45) is 0 Å². The molecular formula is C15H17BrFN3. The summed E-state index contributed by atoms with van der Waals surface area (Å²) in [6.07, 6.45) is 4.79. The number of fused-ring (bicyclic) bond motifs is 1. The third-order valence-corrected chi connectivity index (χ3v) is 5.17. The Balaban J connectivity index is 1.78. The minimum absolute atomic E-state index is 0.253. The number of anilines is 1. The van der Waals surface area contributed by atoms with Crippen LogP contribution in [0.15, 0.2) is 16.6 Å². The number of benzene rings is 1. The molecule has 0 radical (unpaired) electrons. The van der Waals surface area contributed by atoms with Crippen LogP contribution < -0.4 is 5.32 Å². The van der Waals surface area contributed by atoms with Gasteiger partial charge in [-0.2, -0.15) is 5.26 Å². The fourth-order valence-corrected chi connectivity index (χ4v) is 3.80. The first-order valence-corrected chi connectivity index (χ1v) is 7.88. The highest BCUT2D eigenvalue weighted by Crippen LogP contribution is 2.32. The number of nitrogens with one attached hydrogen (secondary N) is 1. The van der Waals surface area contributed by atoms with E-state index in [2.05, 4.69) is 26.1 Å². The molecule has 2 atom stereocenters. The molecule has 2 aliphatic rings. The van der Waals surface area contributed by atoms with Gasteiger partial charge in [0, 0.05) is 18.6 Å². The standard InChI is InChI=1S/C15H17BrFN3/c16-14-10(9-18)4-5-12(15(14)17)19-11-6-8-20-7-2-1-3-13(11)20/h4-5,11,13,19H,1-3,6-8H2. The largest absolute Gasteiger partial charge is 0.378 e. The Morgan fingerprint density at radius 3 is 2.95 bits per heavy atom. The van der Waals surface area contributed by atoms with Crippen molar-refractivity contribution >= 4 is 21.6 Å². The molecule has 5 heteroatoms. The summed E-state index contributed by atoms with van der Waals surface area (Å²) in [6.45, 7) is 2.27. The number of hydrogen-bond donors (Lipinski definition) is 1. The summed E-state index contributed by atoms with van der Waals surface area (Å²) in [5.41, 5.74) is 0.826. The summed E-state index contributed by atoms with van der Waals surface area (Å²) in [5, 5.41) is 12.2. The van der Waals surface area contributed by atoms with E-state index in [1.807, 2.05) is 6.07 Å². The second kappa shape index (κ2) is 5.71. The topological polar surface area (TPSA) is 39.1 Å². The van der Waals surface area contributed by atoms with E-state index in [1.54, 1.807) is 12.1 Å². The fraction of sp³-hybridized carbons (Fsp3) is 0.533. The maximum absolute atomic E-state index is 14.3. The van der Waals surface area contributed by atoms with Crippen LogP contribution in [-0.4, -0.2) is 30.1 Å². The second-order valence-electron chi connectivity index (χ2n) is 5.54. The Hall–Kier alpha value is -1.12. The zero-order valence-corrected chi connectivity index (χ0v) is 12.8. The summed E-state index contributed by atoms with van der Waals surface area (Å²) in [7, 11) is 0.